The summed E-state index contributed by atoms with van der Waals surface area (Å²) in [6, 6.07) is 5.22. The Kier molecular flexibility index (Phi) is 3.86. The topological polar surface area (TPSA) is 20.2 Å². The van der Waals surface area contributed by atoms with Crippen molar-refractivity contribution in [2.24, 2.45) is 0 Å². The lowest BCUT2D eigenvalue weighted by Gasteiger charge is -2.11. The van der Waals surface area contributed by atoms with Crippen LogP contribution in [0.3, 0.4) is 0 Å². The maximum absolute atomic E-state index is 13.4. The Balaban J connectivity index is 2.01. The SMILES string of the molecule is OC(CCc1ccsc1)c1ccc(F)cc1F. The van der Waals surface area contributed by atoms with Crippen molar-refractivity contribution >= 4 is 11.3 Å². The largest absolute Gasteiger partial charge is 0.388 e. The minimum Gasteiger partial charge on any atom is -0.388 e. The number of aliphatic hydroxyl groups is 1. The van der Waals surface area contributed by atoms with E-state index in [4.69, 9.17) is 0 Å². The van der Waals surface area contributed by atoms with E-state index in [1.165, 1.54) is 6.07 Å². The van der Waals surface area contributed by atoms with Crippen molar-refractivity contribution in [2.75, 3.05) is 0 Å². The van der Waals surface area contributed by atoms with E-state index in [0.717, 1.165) is 17.7 Å². The molecule has 4 heteroatoms. The maximum Gasteiger partial charge on any atom is 0.131 e. The lowest BCUT2D eigenvalue weighted by Crippen LogP contribution is -2.02. The summed E-state index contributed by atoms with van der Waals surface area (Å²) in [7, 11) is 0. The van der Waals surface area contributed by atoms with Crippen LogP contribution in [0.5, 0.6) is 0 Å². The van der Waals surface area contributed by atoms with E-state index in [-0.39, 0.29) is 5.56 Å². The van der Waals surface area contributed by atoms with Gasteiger partial charge in [-0.05, 0) is 41.3 Å². The Bertz CT molecular complexity index is 482. The van der Waals surface area contributed by atoms with Gasteiger partial charge in [-0.1, -0.05) is 6.07 Å². The molecule has 1 nitrogen and oxygen atoms in total. The third-order valence-corrected chi connectivity index (χ3v) is 3.34. The highest BCUT2D eigenvalue weighted by atomic mass is 32.1. The van der Waals surface area contributed by atoms with Gasteiger partial charge in [-0.15, -0.1) is 0 Å². The Morgan fingerprint density at radius 1 is 1.24 bits per heavy atom. The van der Waals surface area contributed by atoms with Gasteiger partial charge in [0.05, 0.1) is 6.10 Å². The molecule has 1 aromatic heterocycles. The summed E-state index contributed by atoms with van der Waals surface area (Å²) in [5, 5.41) is 13.8. The first kappa shape index (κ1) is 12.2. The van der Waals surface area contributed by atoms with Crippen LogP contribution in [0.25, 0.3) is 0 Å². The quantitative estimate of drug-likeness (QED) is 0.882. The number of hydrogen-bond acceptors (Lipinski definition) is 2. The van der Waals surface area contributed by atoms with Crippen molar-refractivity contribution in [2.45, 2.75) is 18.9 Å². The molecule has 2 aromatic rings. The number of hydrogen-bond donors (Lipinski definition) is 1. The van der Waals surface area contributed by atoms with Crippen molar-refractivity contribution in [1.82, 2.24) is 0 Å². The number of benzene rings is 1. The Labute approximate surface area is 102 Å². The number of aryl methyl sites for hydroxylation is 1. The highest BCUT2D eigenvalue weighted by Crippen LogP contribution is 2.23. The molecule has 0 bridgehead atoms. The molecule has 2 rings (SSSR count). The van der Waals surface area contributed by atoms with Crippen molar-refractivity contribution < 1.29 is 13.9 Å². The first-order chi connectivity index (χ1) is 8.16. The molecule has 0 saturated heterocycles. The fraction of sp³-hybridized carbons (Fsp3) is 0.231. The average Bonchev–Trinajstić information content (AvgIpc) is 2.78. The van der Waals surface area contributed by atoms with E-state index in [2.05, 4.69) is 0 Å². The summed E-state index contributed by atoms with van der Waals surface area (Å²) < 4.78 is 26.1. The number of rotatable bonds is 4. The third-order valence-electron chi connectivity index (χ3n) is 2.61. The molecule has 1 unspecified atom stereocenters. The van der Waals surface area contributed by atoms with E-state index in [1.54, 1.807) is 11.3 Å². The van der Waals surface area contributed by atoms with E-state index >= 15 is 0 Å². The van der Waals surface area contributed by atoms with Gasteiger partial charge in [0.1, 0.15) is 11.6 Å². The normalized spacial score (nSPS) is 12.6. The van der Waals surface area contributed by atoms with Crippen LogP contribution in [-0.4, -0.2) is 5.11 Å². The molecular formula is C13H12F2OS. The fourth-order valence-electron chi connectivity index (χ4n) is 1.67. The van der Waals surface area contributed by atoms with Crippen LogP contribution < -0.4 is 0 Å². The maximum atomic E-state index is 13.4. The van der Waals surface area contributed by atoms with Crippen LogP contribution in [0.1, 0.15) is 23.7 Å². The standard InChI is InChI=1S/C13H12F2OS/c14-10-2-3-11(12(15)7-10)13(16)4-1-9-5-6-17-8-9/h2-3,5-8,13,16H,1,4H2. The van der Waals surface area contributed by atoms with Gasteiger partial charge >= 0.3 is 0 Å². The molecule has 17 heavy (non-hydrogen) atoms. The first-order valence-corrected chi connectivity index (χ1v) is 6.25. The Morgan fingerprint density at radius 3 is 2.71 bits per heavy atom. The summed E-state index contributed by atoms with van der Waals surface area (Å²) in [4.78, 5) is 0. The highest BCUT2D eigenvalue weighted by Gasteiger charge is 2.13. The number of halogens is 2. The molecule has 0 aliphatic heterocycles. The zero-order valence-corrected chi connectivity index (χ0v) is 9.88. The van der Waals surface area contributed by atoms with Gasteiger partial charge < -0.3 is 5.11 Å². The van der Waals surface area contributed by atoms with Gasteiger partial charge in [-0.2, -0.15) is 11.3 Å². The zero-order valence-electron chi connectivity index (χ0n) is 9.07. The fourth-order valence-corrected chi connectivity index (χ4v) is 2.37. The van der Waals surface area contributed by atoms with Crippen molar-refractivity contribution in [1.29, 1.82) is 0 Å². The molecule has 90 valence electrons. The van der Waals surface area contributed by atoms with Gasteiger partial charge in [0, 0.05) is 11.6 Å². The summed E-state index contributed by atoms with van der Waals surface area (Å²) in [5.74, 6) is -1.32. The van der Waals surface area contributed by atoms with E-state index in [9.17, 15) is 13.9 Å². The van der Waals surface area contributed by atoms with Crippen LogP contribution >= 0.6 is 11.3 Å². The van der Waals surface area contributed by atoms with Gasteiger partial charge in [0.25, 0.3) is 0 Å². The monoisotopic (exact) mass is 254 g/mol. The summed E-state index contributed by atoms with van der Waals surface area (Å²) in [5.41, 5.74) is 1.28. The van der Waals surface area contributed by atoms with E-state index in [0.29, 0.717) is 12.8 Å². The molecule has 0 amide bonds. The van der Waals surface area contributed by atoms with Crippen LogP contribution in [0.2, 0.25) is 0 Å². The molecule has 0 aliphatic rings. The number of aliphatic hydroxyl groups excluding tert-OH is 1. The van der Waals surface area contributed by atoms with Crippen LogP contribution in [0.15, 0.2) is 35.0 Å². The summed E-state index contributed by atoms with van der Waals surface area (Å²) >= 11 is 1.59. The summed E-state index contributed by atoms with van der Waals surface area (Å²) in [6.45, 7) is 0. The molecule has 0 aliphatic carbocycles. The minimum atomic E-state index is -0.893. The van der Waals surface area contributed by atoms with Crippen molar-refractivity contribution in [3.05, 3.63) is 57.8 Å². The minimum absolute atomic E-state index is 0.154. The predicted octanol–water partition coefficient (Wildman–Crippen LogP) is 3.69. The second kappa shape index (κ2) is 5.38. The second-order valence-electron chi connectivity index (χ2n) is 3.85. The zero-order chi connectivity index (χ0) is 12.3. The van der Waals surface area contributed by atoms with Gasteiger partial charge in [-0.25, -0.2) is 8.78 Å². The molecule has 0 spiro atoms. The molecule has 1 N–H and O–H groups in total. The molecule has 0 radical (unpaired) electrons. The molecule has 1 heterocycles. The first-order valence-electron chi connectivity index (χ1n) is 5.31. The highest BCUT2D eigenvalue weighted by molar-refractivity contribution is 7.07. The van der Waals surface area contributed by atoms with Crippen LogP contribution in [-0.2, 0) is 6.42 Å². The molecular weight excluding hydrogens is 242 g/mol. The van der Waals surface area contributed by atoms with Crippen molar-refractivity contribution in [3.8, 4) is 0 Å². The molecule has 0 fully saturated rings. The van der Waals surface area contributed by atoms with Crippen LogP contribution in [0, 0.1) is 11.6 Å². The Morgan fingerprint density at radius 2 is 2.06 bits per heavy atom. The molecule has 1 aromatic carbocycles. The molecule has 1 atom stereocenters. The Hall–Kier alpha value is -1.26. The lowest BCUT2D eigenvalue weighted by molar-refractivity contribution is 0.163. The number of thiophene rings is 1. The third kappa shape index (κ3) is 3.11. The predicted molar refractivity (Wildman–Crippen MR) is 64.0 cm³/mol. The van der Waals surface area contributed by atoms with E-state index < -0.39 is 17.7 Å². The average molecular weight is 254 g/mol. The summed E-state index contributed by atoms with van der Waals surface area (Å²) in [6.07, 6.45) is 0.219. The van der Waals surface area contributed by atoms with Crippen molar-refractivity contribution in [3.63, 3.8) is 0 Å². The van der Waals surface area contributed by atoms with Gasteiger partial charge in [-0.3, -0.25) is 0 Å². The smallest absolute Gasteiger partial charge is 0.131 e. The second-order valence-corrected chi connectivity index (χ2v) is 4.63. The van der Waals surface area contributed by atoms with Gasteiger partial charge in [0.2, 0.25) is 0 Å². The van der Waals surface area contributed by atoms with E-state index in [1.807, 2.05) is 16.8 Å². The van der Waals surface area contributed by atoms with Crippen LogP contribution in [0.4, 0.5) is 8.78 Å². The lowest BCUT2D eigenvalue weighted by atomic mass is 10.0. The van der Waals surface area contributed by atoms with Gasteiger partial charge in [0.15, 0.2) is 0 Å². The molecule has 0 saturated carbocycles.